The molecule has 0 aliphatic heterocycles. The van der Waals surface area contributed by atoms with Crippen LogP contribution in [0.15, 0.2) is 24.4 Å². The Hall–Kier alpha value is -2.61. The van der Waals surface area contributed by atoms with Crippen LogP contribution in [0, 0.1) is 10.1 Å². The van der Waals surface area contributed by atoms with Crippen molar-refractivity contribution in [2.75, 3.05) is 12.4 Å². The van der Waals surface area contributed by atoms with E-state index in [-0.39, 0.29) is 22.1 Å². The van der Waals surface area contributed by atoms with Gasteiger partial charge in [-0.25, -0.2) is 0 Å². The van der Waals surface area contributed by atoms with E-state index in [1.54, 1.807) is 7.05 Å². The number of carbonyl (C=O) groups is 1. The number of halogens is 1. The number of nitrogens with one attached hydrogen (secondary N) is 1. The number of benzene rings is 1. The topological polar surface area (TPSA) is 99.3 Å². The smallest absolute Gasteiger partial charge is 0.296 e. The third-order valence-corrected chi connectivity index (χ3v) is 3.04. The molecule has 2 rings (SSSR count). The SMILES string of the molecule is COc1ccc(NC(=O)c2c(Cl)cnn2C)c([N+](=O)[O-])c1. The van der Waals surface area contributed by atoms with E-state index in [0.29, 0.717) is 5.75 Å². The van der Waals surface area contributed by atoms with Crippen molar-refractivity contribution in [2.24, 2.45) is 7.05 Å². The van der Waals surface area contributed by atoms with Gasteiger partial charge in [-0.15, -0.1) is 0 Å². The molecule has 2 aromatic rings. The molecule has 0 unspecified atom stereocenters. The summed E-state index contributed by atoms with van der Waals surface area (Å²) in [5, 5.41) is 17.5. The largest absolute Gasteiger partial charge is 0.496 e. The average Bonchev–Trinajstić information content (AvgIpc) is 2.78. The van der Waals surface area contributed by atoms with Crippen LogP contribution in [0.1, 0.15) is 10.5 Å². The maximum Gasteiger partial charge on any atom is 0.296 e. The molecule has 1 heterocycles. The lowest BCUT2D eigenvalue weighted by molar-refractivity contribution is -0.384. The van der Waals surface area contributed by atoms with Gasteiger partial charge in [0.15, 0.2) is 0 Å². The highest BCUT2D eigenvalue weighted by Gasteiger charge is 2.21. The number of aromatic nitrogens is 2. The molecule has 21 heavy (non-hydrogen) atoms. The number of carbonyl (C=O) groups excluding carboxylic acids is 1. The summed E-state index contributed by atoms with van der Waals surface area (Å²) >= 11 is 5.86. The van der Waals surface area contributed by atoms with Gasteiger partial charge in [-0.2, -0.15) is 5.10 Å². The zero-order valence-electron chi connectivity index (χ0n) is 11.2. The molecule has 0 radical (unpaired) electrons. The van der Waals surface area contributed by atoms with Crippen molar-refractivity contribution in [2.45, 2.75) is 0 Å². The Balaban J connectivity index is 2.35. The van der Waals surface area contributed by atoms with Crippen LogP contribution < -0.4 is 10.1 Å². The second-order valence-electron chi connectivity index (χ2n) is 4.06. The number of nitro groups is 1. The van der Waals surface area contributed by atoms with Crippen LogP contribution >= 0.6 is 11.6 Å². The predicted molar refractivity (Wildman–Crippen MR) is 75.8 cm³/mol. The Kier molecular flexibility index (Phi) is 4.08. The fraction of sp³-hybridized carbons (Fsp3) is 0.167. The molecule has 0 aliphatic carbocycles. The maximum atomic E-state index is 12.1. The van der Waals surface area contributed by atoms with Crippen molar-refractivity contribution < 1.29 is 14.5 Å². The number of aryl methyl sites for hydroxylation is 1. The van der Waals surface area contributed by atoms with E-state index < -0.39 is 10.8 Å². The van der Waals surface area contributed by atoms with Gasteiger partial charge in [0.2, 0.25) is 0 Å². The van der Waals surface area contributed by atoms with E-state index in [4.69, 9.17) is 16.3 Å². The Morgan fingerprint density at radius 3 is 2.76 bits per heavy atom. The first-order valence-electron chi connectivity index (χ1n) is 5.75. The first-order valence-corrected chi connectivity index (χ1v) is 6.13. The second-order valence-corrected chi connectivity index (χ2v) is 4.47. The summed E-state index contributed by atoms with van der Waals surface area (Å²) in [5.74, 6) is -0.272. The third kappa shape index (κ3) is 2.95. The minimum Gasteiger partial charge on any atom is -0.496 e. The first-order chi connectivity index (χ1) is 9.93. The summed E-state index contributed by atoms with van der Waals surface area (Å²) in [4.78, 5) is 22.6. The van der Waals surface area contributed by atoms with Gasteiger partial charge in [0, 0.05) is 7.05 Å². The molecule has 9 heteroatoms. The molecule has 0 bridgehead atoms. The van der Waals surface area contributed by atoms with Crippen molar-refractivity contribution in [3.8, 4) is 5.75 Å². The van der Waals surface area contributed by atoms with E-state index in [1.807, 2.05) is 0 Å². The molecule has 0 spiro atoms. The monoisotopic (exact) mass is 310 g/mol. The predicted octanol–water partition coefficient (Wildman–Crippen LogP) is 2.24. The molecular weight excluding hydrogens is 300 g/mol. The molecule has 0 saturated heterocycles. The van der Waals surface area contributed by atoms with Crippen LogP contribution in [-0.4, -0.2) is 27.7 Å². The van der Waals surface area contributed by atoms with E-state index in [1.165, 1.54) is 36.2 Å². The number of amides is 1. The molecule has 1 aromatic carbocycles. The number of rotatable bonds is 4. The molecule has 0 aliphatic rings. The molecular formula is C12H11ClN4O4. The molecule has 1 N–H and O–H groups in total. The molecule has 0 saturated carbocycles. The highest BCUT2D eigenvalue weighted by Crippen LogP contribution is 2.29. The van der Waals surface area contributed by atoms with E-state index in [0.717, 1.165) is 0 Å². The number of nitrogens with zero attached hydrogens (tertiary/aromatic N) is 3. The summed E-state index contributed by atoms with van der Waals surface area (Å²) in [7, 11) is 2.94. The van der Waals surface area contributed by atoms with Gasteiger partial charge in [0.25, 0.3) is 11.6 Å². The van der Waals surface area contributed by atoms with Crippen LogP contribution in [0.3, 0.4) is 0 Å². The van der Waals surface area contributed by atoms with Crippen LogP contribution in [-0.2, 0) is 7.05 Å². The van der Waals surface area contributed by atoms with E-state index >= 15 is 0 Å². The van der Waals surface area contributed by atoms with Gasteiger partial charge in [0.05, 0.1) is 29.3 Å². The lowest BCUT2D eigenvalue weighted by Gasteiger charge is -2.08. The van der Waals surface area contributed by atoms with Gasteiger partial charge >= 0.3 is 0 Å². The summed E-state index contributed by atoms with van der Waals surface area (Å²) in [6, 6.07) is 4.12. The number of hydrogen-bond donors (Lipinski definition) is 1. The minimum atomic E-state index is -0.608. The molecule has 0 atom stereocenters. The normalized spacial score (nSPS) is 10.2. The molecule has 1 amide bonds. The Labute approximate surface area is 124 Å². The van der Waals surface area contributed by atoms with Crippen molar-refractivity contribution >= 4 is 28.9 Å². The average molecular weight is 311 g/mol. The second kappa shape index (κ2) is 5.80. The molecule has 110 valence electrons. The zero-order valence-corrected chi connectivity index (χ0v) is 11.9. The standard InChI is InChI=1S/C12H11ClN4O4/c1-16-11(8(13)6-14-16)12(18)15-9-4-3-7(21-2)5-10(9)17(19)20/h3-6H,1-2H3,(H,15,18). The maximum absolute atomic E-state index is 12.1. The highest BCUT2D eigenvalue weighted by atomic mass is 35.5. The van der Waals surface area contributed by atoms with Crippen LogP contribution in [0.25, 0.3) is 0 Å². The number of methoxy groups -OCH3 is 1. The Bertz CT molecular complexity index is 694. The Morgan fingerprint density at radius 2 is 2.24 bits per heavy atom. The lowest BCUT2D eigenvalue weighted by Crippen LogP contribution is -2.17. The summed E-state index contributed by atoms with van der Waals surface area (Å²) in [5.41, 5.74) is -0.120. The summed E-state index contributed by atoms with van der Waals surface area (Å²) < 4.78 is 6.21. The summed E-state index contributed by atoms with van der Waals surface area (Å²) in [6.45, 7) is 0. The van der Waals surface area contributed by atoms with Gasteiger partial charge in [0.1, 0.15) is 17.1 Å². The Morgan fingerprint density at radius 1 is 1.52 bits per heavy atom. The van der Waals surface area contributed by atoms with E-state index in [9.17, 15) is 14.9 Å². The minimum absolute atomic E-state index is 0.0445. The van der Waals surface area contributed by atoms with Gasteiger partial charge in [-0.1, -0.05) is 11.6 Å². The van der Waals surface area contributed by atoms with Gasteiger partial charge < -0.3 is 10.1 Å². The fourth-order valence-electron chi connectivity index (χ4n) is 1.74. The van der Waals surface area contributed by atoms with Crippen molar-refractivity contribution in [1.82, 2.24) is 9.78 Å². The fourth-order valence-corrected chi connectivity index (χ4v) is 1.99. The number of nitro benzene ring substituents is 1. The molecule has 8 nitrogen and oxygen atoms in total. The van der Waals surface area contributed by atoms with Crippen LogP contribution in [0.5, 0.6) is 5.75 Å². The van der Waals surface area contributed by atoms with Crippen molar-refractivity contribution in [3.63, 3.8) is 0 Å². The van der Waals surface area contributed by atoms with Crippen molar-refractivity contribution in [1.29, 1.82) is 0 Å². The van der Waals surface area contributed by atoms with Crippen molar-refractivity contribution in [3.05, 3.63) is 45.2 Å². The lowest BCUT2D eigenvalue weighted by atomic mass is 10.2. The number of hydrogen-bond acceptors (Lipinski definition) is 5. The highest BCUT2D eigenvalue weighted by molar-refractivity contribution is 6.34. The van der Waals surface area contributed by atoms with Crippen LogP contribution in [0.2, 0.25) is 5.02 Å². The third-order valence-electron chi connectivity index (χ3n) is 2.76. The number of anilines is 1. The first kappa shape index (κ1) is 14.8. The van der Waals surface area contributed by atoms with E-state index in [2.05, 4.69) is 10.4 Å². The molecule has 1 aromatic heterocycles. The zero-order chi connectivity index (χ0) is 15.6. The molecule has 0 fully saturated rings. The van der Waals surface area contributed by atoms with Gasteiger partial charge in [-0.3, -0.25) is 19.6 Å². The summed E-state index contributed by atoms with van der Waals surface area (Å²) in [6.07, 6.45) is 1.32. The quantitative estimate of drug-likeness (QED) is 0.689. The van der Waals surface area contributed by atoms with Crippen LogP contribution in [0.4, 0.5) is 11.4 Å². The number of ether oxygens (including phenoxy) is 1. The van der Waals surface area contributed by atoms with Gasteiger partial charge in [-0.05, 0) is 12.1 Å².